The van der Waals surface area contributed by atoms with Gasteiger partial charge in [0.15, 0.2) is 17.5 Å². The van der Waals surface area contributed by atoms with Gasteiger partial charge in [0, 0.05) is 43.0 Å². The number of hydrogen-bond donors (Lipinski definition) is 2. The number of rotatable bonds is 6. The molecule has 0 aromatic carbocycles. The summed E-state index contributed by atoms with van der Waals surface area (Å²) in [5.41, 5.74) is 1.33. The molecular weight excluding hydrogens is 423 g/mol. The standard InChI is InChI=1S/C21H22ClFN6O2/c1-2-6-31-21(30)29-5-3-4-13(12-29)8-24-20-17(23)11-27-19(28-20)16-10-26-18-15(16)7-14(22)9-25-18/h2,7,9-11,13H,1,3-6,8,12H2,(H,25,26)(H,24,27,28). The van der Waals surface area contributed by atoms with Crippen LogP contribution in [-0.4, -0.2) is 57.2 Å². The minimum absolute atomic E-state index is 0.112. The van der Waals surface area contributed by atoms with Crippen LogP contribution < -0.4 is 5.32 Å². The Morgan fingerprint density at radius 1 is 1.45 bits per heavy atom. The zero-order valence-corrected chi connectivity index (χ0v) is 17.5. The highest BCUT2D eigenvalue weighted by Gasteiger charge is 2.25. The number of nitrogens with one attached hydrogen (secondary N) is 2. The molecule has 1 unspecified atom stereocenters. The summed E-state index contributed by atoms with van der Waals surface area (Å²) in [6, 6.07) is 1.76. The molecule has 162 valence electrons. The maximum absolute atomic E-state index is 14.4. The number of aromatic amines is 1. The highest BCUT2D eigenvalue weighted by atomic mass is 35.5. The Hall–Kier alpha value is -3.20. The Balaban J connectivity index is 1.46. The molecule has 1 aliphatic rings. The van der Waals surface area contributed by atoms with Crippen molar-refractivity contribution in [1.29, 1.82) is 0 Å². The SMILES string of the molecule is C=CCOC(=O)N1CCCC(CNc2nc(-c3c[nH]c4ncc(Cl)cc34)ncc2F)C1. The van der Waals surface area contributed by atoms with Crippen LogP contribution in [0.15, 0.2) is 37.3 Å². The molecule has 2 N–H and O–H groups in total. The van der Waals surface area contributed by atoms with Gasteiger partial charge in [0.2, 0.25) is 0 Å². The molecule has 8 nitrogen and oxygen atoms in total. The van der Waals surface area contributed by atoms with Crippen LogP contribution >= 0.6 is 11.6 Å². The molecule has 10 heteroatoms. The maximum atomic E-state index is 14.4. The topological polar surface area (TPSA) is 96.0 Å². The van der Waals surface area contributed by atoms with E-state index in [1.165, 1.54) is 6.08 Å². The molecule has 0 spiro atoms. The zero-order chi connectivity index (χ0) is 21.8. The summed E-state index contributed by atoms with van der Waals surface area (Å²) in [6.07, 6.45) is 7.37. The normalized spacial score (nSPS) is 16.3. The van der Waals surface area contributed by atoms with Crippen molar-refractivity contribution in [2.75, 3.05) is 31.6 Å². The molecule has 31 heavy (non-hydrogen) atoms. The van der Waals surface area contributed by atoms with Gasteiger partial charge in [0.05, 0.1) is 11.2 Å². The lowest BCUT2D eigenvalue weighted by Gasteiger charge is -2.32. The van der Waals surface area contributed by atoms with Crippen molar-refractivity contribution >= 4 is 34.5 Å². The predicted octanol–water partition coefficient (Wildman–Crippen LogP) is 4.26. The third kappa shape index (κ3) is 4.77. The van der Waals surface area contributed by atoms with Crippen molar-refractivity contribution < 1.29 is 13.9 Å². The zero-order valence-electron chi connectivity index (χ0n) is 16.8. The number of piperidine rings is 1. The molecule has 4 heterocycles. The van der Waals surface area contributed by atoms with Crippen molar-refractivity contribution in [3.8, 4) is 11.4 Å². The van der Waals surface area contributed by atoms with E-state index in [4.69, 9.17) is 16.3 Å². The smallest absolute Gasteiger partial charge is 0.410 e. The van der Waals surface area contributed by atoms with E-state index >= 15 is 0 Å². The van der Waals surface area contributed by atoms with E-state index in [0.717, 1.165) is 24.4 Å². The number of carbonyl (C=O) groups excluding carboxylic acids is 1. The van der Waals surface area contributed by atoms with E-state index in [1.54, 1.807) is 23.4 Å². The second-order valence-electron chi connectivity index (χ2n) is 7.34. The first-order valence-electron chi connectivity index (χ1n) is 9.97. The summed E-state index contributed by atoms with van der Waals surface area (Å²) in [6.45, 7) is 5.38. The van der Waals surface area contributed by atoms with E-state index in [1.807, 2.05) is 0 Å². The van der Waals surface area contributed by atoms with E-state index in [0.29, 0.717) is 41.7 Å². The van der Waals surface area contributed by atoms with Gasteiger partial charge in [-0.05, 0) is 24.8 Å². The predicted molar refractivity (Wildman–Crippen MR) is 116 cm³/mol. The molecule has 1 aliphatic heterocycles. The van der Waals surface area contributed by atoms with Crippen LogP contribution in [-0.2, 0) is 4.74 Å². The number of amides is 1. The summed E-state index contributed by atoms with van der Waals surface area (Å²) in [4.78, 5) is 29.5. The summed E-state index contributed by atoms with van der Waals surface area (Å²) in [5.74, 6) is 0.0786. The number of carbonyl (C=O) groups is 1. The number of hydrogen-bond acceptors (Lipinski definition) is 6. The molecule has 1 saturated heterocycles. The number of fused-ring (bicyclic) bond motifs is 1. The molecule has 0 radical (unpaired) electrons. The van der Waals surface area contributed by atoms with Gasteiger partial charge >= 0.3 is 6.09 Å². The molecule has 0 saturated carbocycles. The lowest BCUT2D eigenvalue weighted by Crippen LogP contribution is -2.42. The molecule has 3 aromatic heterocycles. The summed E-state index contributed by atoms with van der Waals surface area (Å²) in [7, 11) is 0. The van der Waals surface area contributed by atoms with Gasteiger partial charge in [-0.3, -0.25) is 0 Å². The maximum Gasteiger partial charge on any atom is 0.410 e. The molecule has 4 rings (SSSR count). The van der Waals surface area contributed by atoms with Gasteiger partial charge in [-0.15, -0.1) is 0 Å². The van der Waals surface area contributed by atoms with E-state index in [9.17, 15) is 9.18 Å². The molecule has 1 atom stereocenters. The molecule has 3 aromatic rings. The van der Waals surface area contributed by atoms with Crippen LogP contribution in [0.2, 0.25) is 5.02 Å². The van der Waals surface area contributed by atoms with Crippen molar-refractivity contribution in [2.45, 2.75) is 12.8 Å². The monoisotopic (exact) mass is 444 g/mol. The summed E-state index contributed by atoms with van der Waals surface area (Å²) < 4.78 is 19.5. The van der Waals surface area contributed by atoms with Crippen LogP contribution in [0.1, 0.15) is 12.8 Å². The fourth-order valence-corrected chi connectivity index (χ4v) is 3.80. The van der Waals surface area contributed by atoms with Crippen LogP contribution in [0.4, 0.5) is 15.0 Å². The number of nitrogens with zero attached hydrogens (tertiary/aromatic N) is 4. The Kier molecular flexibility index (Phi) is 6.31. The fourth-order valence-electron chi connectivity index (χ4n) is 3.64. The van der Waals surface area contributed by atoms with Crippen LogP contribution in [0.25, 0.3) is 22.4 Å². The number of pyridine rings is 1. The molecule has 0 aliphatic carbocycles. The summed E-state index contributed by atoms with van der Waals surface area (Å²) >= 11 is 6.06. The highest BCUT2D eigenvalue weighted by molar-refractivity contribution is 6.31. The van der Waals surface area contributed by atoms with Crippen LogP contribution in [0.3, 0.4) is 0 Å². The second kappa shape index (κ2) is 9.30. The van der Waals surface area contributed by atoms with Crippen molar-refractivity contribution in [3.05, 3.63) is 48.2 Å². The van der Waals surface area contributed by atoms with Gasteiger partial charge in [0.25, 0.3) is 0 Å². The van der Waals surface area contributed by atoms with Gasteiger partial charge in [-0.1, -0.05) is 24.3 Å². The molecule has 1 amide bonds. The fraction of sp³-hybridized carbons (Fsp3) is 0.333. The second-order valence-corrected chi connectivity index (χ2v) is 7.78. The average molecular weight is 445 g/mol. The minimum atomic E-state index is -0.544. The van der Waals surface area contributed by atoms with E-state index in [2.05, 4.69) is 31.8 Å². The molecule has 1 fully saturated rings. The molecule has 0 bridgehead atoms. The van der Waals surface area contributed by atoms with Gasteiger partial charge in [0.1, 0.15) is 12.3 Å². The molecular formula is C21H22ClFN6O2. The lowest BCUT2D eigenvalue weighted by molar-refractivity contribution is 0.0942. The van der Waals surface area contributed by atoms with Crippen LogP contribution in [0.5, 0.6) is 0 Å². The third-order valence-corrected chi connectivity index (χ3v) is 5.35. The quantitative estimate of drug-likeness (QED) is 0.551. The first-order valence-corrected chi connectivity index (χ1v) is 10.3. The van der Waals surface area contributed by atoms with Crippen molar-refractivity contribution in [3.63, 3.8) is 0 Å². The number of halogens is 2. The van der Waals surface area contributed by atoms with Crippen molar-refractivity contribution in [2.24, 2.45) is 5.92 Å². The first kappa shape index (κ1) is 21.0. The van der Waals surface area contributed by atoms with E-state index < -0.39 is 5.82 Å². The summed E-state index contributed by atoms with van der Waals surface area (Å²) in [5, 5.41) is 4.32. The van der Waals surface area contributed by atoms with Gasteiger partial charge in [-0.25, -0.2) is 24.1 Å². The Morgan fingerprint density at radius 3 is 3.16 bits per heavy atom. The number of H-pyrrole nitrogens is 1. The third-order valence-electron chi connectivity index (χ3n) is 5.14. The average Bonchev–Trinajstić information content (AvgIpc) is 3.20. The largest absolute Gasteiger partial charge is 0.445 e. The van der Waals surface area contributed by atoms with E-state index in [-0.39, 0.29) is 24.4 Å². The Labute approximate surface area is 183 Å². The van der Waals surface area contributed by atoms with Gasteiger partial charge < -0.3 is 19.9 Å². The Bertz CT molecular complexity index is 1100. The first-order chi connectivity index (χ1) is 15.0. The lowest BCUT2D eigenvalue weighted by atomic mass is 9.98. The number of aromatic nitrogens is 4. The number of ether oxygens (including phenoxy) is 1. The Morgan fingerprint density at radius 2 is 2.32 bits per heavy atom. The van der Waals surface area contributed by atoms with Gasteiger partial charge in [-0.2, -0.15) is 0 Å². The number of anilines is 1. The number of likely N-dealkylation sites (tertiary alicyclic amines) is 1. The highest BCUT2D eigenvalue weighted by Crippen LogP contribution is 2.28. The minimum Gasteiger partial charge on any atom is -0.445 e. The van der Waals surface area contributed by atoms with Crippen LogP contribution in [0, 0.1) is 11.7 Å². The van der Waals surface area contributed by atoms with Crippen molar-refractivity contribution in [1.82, 2.24) is 24.8 Å².